The molecule has 0 aliphatic carbocycles. The standard InChI is InChI=1S/C13H19N3O2.ClH/c1-2-6-15-13(18)11-5-3-4-10(7-11)9-16-12(17)8-14;/h3-5,7H,2,6,8-9,14H2,1H3,(H,15,18)(H,16,17);1H. The molecule has 19 heavy (non-hydrogen) atoms. The van der Waals surface area contributed by atoms with Crippen molar-refractivity contribution in [1.82, 2.24) is 10.6 Å². The third-order valence-corrected chi connectivity index (χ3v) is 2.40. The van der Waals surface area contributed by atoms with Crippen LogP contribution in [0.4, 0.5) is 0 Å². The van der Waals surface area contributed by atoms with Gasteiger partial charge in [-0.2, -0.15) is 0 Å². The van der Waals surface area contributed by atoms with Crippen LogP contribution in [0.2, 0.25) is 0 Å². The number of carbonyl (C=O) groups excluding carboxylic acids is 2. The van der Waals surface area contributed by atoms with Crippen LogP contribution in [0.25, 0.3) is 0 Å². The molecule has 0 heterocycles. The predicted molar refractivity (Wildman–Crippen MR) is 77.2 cm³/mol. The Kier molecular flexibility index (Phi) is 8.57. The summed E-state index contributed by atoms with van der Waals surface area (Å²) in [6.07, 6.45) is 0.901. The van der Waals surface area contributed by atoms with Gasteiger partial charge < -0.3 is 16.4 Å². The van der Waals surface area contributed by atoms with Crippen LogP contribution in [0, 0.1) is 0 Å². The van der Waals surface area contributed by atoms with Gasteiger partial charge >= 0.3 is 0 Å². The summed E-state index contributed by atoms with van der Waals surface area (Å²) in [6.45, 7) is 3.01. The first-order valence-electron chi connectivity index (χ1n) is 6.01. The fraction of sp³-hybridized carbons (Fsp3) is 0.385. The average Bonchev–Trinajstić information content (AvgIpc) is 2.42. The molecule has 2 amide bonds. The van der Waals surface area contributed by atoms with Crippen LogP contribution in [0.1, 0.15) is 29.3 Å². The maximum Gasteiger partial charge on any atom is 0.251 e. The van der Waals surface area contributed by atoms with E-state index in [1.807, 2.05) is 13.0 Å². The summed E-state index contributed by atoms with van der Waals surface area (Å²) in [4.78, 5) is 22.8. The number of hydrogen-bond donors (Lipinski definition) is 3. The zero-order chi connectivity index (χ0) is 13.4. The maximum absolute atomic E-state index is 11.7. The number of hydrogen-bond acceptors (Lipinski definition) is 3. The van der Waals surface area contributed by atoms with Crippen LogP contribution in [-0.4, -0.2) is 24.9 Å². The summed E-state index contributed by atoms with van der Waals surface area (Å²) < 4.78 is 0. The summed E-state index contributed by atoms with van der Waals surface area (Å²) in [5.74, 6) is -0.306. The molecule has 0 atom stereocenters. The van der Waals surface area contributed by atoms with E-state index in [-0.39, 0.29) is 30.8 Å². The Morgan fingerprint density at radius 1 is 1.26 bits per heavy atom. The molecule has 0 unspecified atom stereocenters. The predicted octanol–water partition coefficient (Wildman–Crippen LogP) is 0.823. The molecule has 0 radical (unpaired) electrons. The van der Waals surface area contributed by atoms with Gasteiger partial charge in [-0.05, 0) is 24.1 Å². The van der Waals surface area contributed by atoms with Crippen molar-refractivity contribution in [3.05, 3.63) is 35.4 Å². The fourth-order valence-electron chi connectivity index (χ4n) is 1.44. The Labute approximate surface area is 119 Å². The summed E-state index contributed by atoms with van der Waals surface area (Å²) in [5.41, 5.74) is 6.67. The molecule has 0 bridgehead atoms. The van der Waals surface area contributed by atoms with Crippen LogP contribution in [0.15, 0.2) is 24.3 Å². The lowest BCUT2D eigenvalue weighted by atomic mass is 10.1. The molecule has 0 saturated heterocycles. The van der Waals surface area contributed by atoms with Crippen molar-refractivity contribution in [3.8, 4) is 0 Å². The Bertz CT molecular complexity index is 424. The van der Waals surface area contributed by atoms with Gasteiger partial charge in [-0.1, -0.05) is 19.1 Å². The Balaban J connectivity index is 0.00000324. The SMILES string of the molecule is CCCNC(=O)c1cccc(CNC(=O)CN)c1.Cl. The smallest absolute Gasteiger partial charge is 0.251 e. The third kappa shape index (κ3) is 6.22. The van der Waals surface area contributed by atoms with Gasteiger partial charge in [-0.15, -0.1) is 12.4 Å². The maximum atomic E-state index is 11.7. The minimum Gasteiger partial charge on any atom is -0.352 e. The van der Waals surface area contributed by atoms with Gasteiger partial charge in [0.25, 0.3) is 5.91 Å². The normalized spacial score (nSPS) is 9.37. The summed E-state index contributed by atoms with van der Waals surface area (Å²) in [6, 6.07) is 7.17. The molecule has 4 N–H and O–H groups in total. The second-order valence-corrected chi connectivity index (χ2v) is 3.94. The molecule has 0 fully saturated rings. The summed E-state index contributed by atoms with van der Waals surface area (Å²) in [5, 5.41) is 5.47. The van der Waals surface area contributed by atoms with Gasteiger partial charge in [0, 0.05) is 18.7 Å². The van der Waals surface area contributed by atoms with E-state index in [1.54, 1.807) is 18.2 Å². The van der Waals surface area contributed by atoms with Gasteiger partial charge in [0.2, 0.25) is 5.91 Å². The molecule has 0 spiro atoms. The highest BCUT2D eigenvalue weighted by Gasteiger charge is 2.05. The molecule has 1 rings (SSSR count). The Morgan fingerprint density at radius 3 is 2.63 bits per heavy atom. The van der Waals surface area contributed by atoms with Crippen LogP contribution < -0.4 is 16.4 Å². The van der Waals surface area contributed by atoms with Gasteiger partial charge in [0.1, 0.15) is 0 Å². The highest BCUT2D eigenvalue weighted by Crippen LogP contribution is 2.05. The van der Waals surface area contributed by atoms with Crippen LogP contribution in [0.3, 0.4) is 0 Å². The minimum atomic E-state index is -0.212. The van der Waals surface area contributed by atoms with Gasteiger partial charge in [-0.3, -0.25) is 9.59 Å². The van der Waals surface area contributed by atoms with Crippen molar-refractivity contribution in [1.29, 1.82) is 0 Å². The van der Waals surface area contributed by atoms with E-state index in [0.29, 0.717) is 18.7 Å². The molecule has 0 aliphatic rings. The zero-order valence-corrected chi connectivity index (χ0v) is 11.8. The first kappa shape index (κ1) is 17.4. The largest absolute Gasteiger partial charge is 0.352 e. The lowest BCUT2D eigenvalue weighted by Crippen LogP contribution is -2.30. The van der Waals surface area contributed by atoms with E-state index >= 15 is 0 Å². The van der Waals surface area contributed by atoms with Gasteiger partial charge in [0.15, 0.2) is 0 Å². The Morgan fingerprint density at radius 2 is 2.00 bits per heavy atom. The van der Waals surface area contributed by atoms with E-state index in [9.17, 15) is 9.59 Å². The Hall–Kier alpha value is -1.59. The molecular weight excluding hydrogens is 266 g/mol. The van der Waals surface area contributed by atoms with Gasteiger partial charge in [-0.25, -0.2) is 0 Å². The van der Waals surface area contributed by atoms with E-state index in [4.69, 9.17) is 5.73 Å². The monoisotopic (exact) mass is 285 g/mol. The van der Waals surface area contributed by atoms with E-state index in [2.05, 4.69) is 10.6 Å². The average molecular weight is 286 g/mol. The number of rotatable bonds is 6. The van der Waals surface area contributed by atoms with Crippen LogP contribution in [0.5, 0.6) is 0 Å². The topological polar surface area (TPSA) is 84.2 Å². The highest BCUT2D eigenvalue weighted by molar-refractivity contribution is 5.94. The lowest BCUT2D eigenvalue weighted by Gasteiger charge is -2.07. The number of nitrogens with two attached hydrogens (primary N) is 1. The molecule has 0 aromatic heterocycles. The molecule has 0 aliphatic heterocycles. The number of carbonyl (C=O) groups is 2. The molecule has 106 valence electrons. The first-order valence-corrected chi connectivity index (χ1v) is 6.01. The molecule has 5 nitrogen and oxygen atoms in total. The number of amides is 2. The minimum absolute atomic E-state index is 0. The zero-order valence-electron chi connectivity index (χ0n) is 10.9. The summed E-state index contributed by atoms with van der Waals surface area (Å²) in [7, 11) is 0. The molecule has 0 saturated carbocycles. The first-order chi connectivity index (χ1) is 8.67. The quantitative estimate of drug-likeness (QED) is 0.724. The van der Waals surface area contributed by atoms with Gasteiger partial charge in [0.05, 0.1) is 6.54 Å². The second kappa shape index (κ2) is 9.35. The molecule has 1 aromatic carbocycles. The van der Waals surface area contributed by atoms with E-state index in [1.165, 1.54) is 0 Å². The second-order valence-electron chi connectivity index (χ2n) is 3.94. The molecule has 6 heteroatoms. The molecular formula is C13H20ClN3O2. The fourth-order valence-corrected chi connectivity index (χ4v) is 1.44. The van der Waals surface area contributed by atoms with Crippen molar-refractivity contribution < 1.29 is 9.59 Å². The number of halogens is 1. The highest BCUT2D eigenvalue weighted by atomic mass is 35.5. The number of benzene rings is 1. The van der Waals surface area contributed by atoms with Crippen LogP contribution in [-0.2, 0) is 11.3 Å². The third-order valence-electron chi connectivity index (χ3n) is 2.40. The summed E-state index contributed by atoms with van der Waals surface area (Å²) >= 11 is 0. The van der Waals surface area contributed by atoms with Crippen molar-refractivity contribution >= 4 is 24.2 Å². The van der Waals surface area contributed by atoms with Crippen molar-refractivity contribution in [2.45, 2.75) is 19.9 Å². The lowest BCUT2D eigenvalue weighted by molar-refractivity contribution is -0.119. The van der Waals surface area contributed by atoms with Crippen molar-refractivity contribution in [2.24, 2.45) is 5.73 Å². The van der Waals surface area contributed by atoms with Crippen molar-refractivity contribution in [3.63, 3.8) is 0 Å². The number of nitrogens with one attached hydrogen (secondary N) is 2. The van der Waals surface area contributed by atoms with Crippen molar-refractivity contribution in [2.75, 3.05) is 13.1 Å². The molecule has 1 aromatic rings. The van der Waals surface area contributed by atoms with Crippen LogP contribution >= 0.6 is 12.4 Å². The van der Waals surface area contributed by atoms with E-state index in [0.717, 1.165) is 12.0 Å². The van der Waals surface area contributed by atoms with E-state index < -0.39 is 0 Å².